The van der Waals surface area contributed by atoms with Crippen LogP contribution in [0.25, 0.3) is 0 Å². The zero-order valence-corrected chi connectivity index (χ0v) is 15.6. The Labute approximate surface area is 154 Å². The van der Waals surface area contributed by atoms with Gasteiger partial charge in [0.15, 0.2) is 0 Å². The van der Waals surface area contributed by atoms with E-state index in [9.17, 15) is 4.79 Å². The van der Waals surface area contributed by atoms with Crippen molar-refractivity contribution in [1.82, 2.24) is 24.6 Å². The first-order valence-electron chi connectivity index (χ1n) is 9.32. The summed E-state index contributed by atoms with van der Waals surface area (Å²) in [5.74, 6) is 1.35. The number of rotatable bonds is 7. The minimum atomic E-state index is 0.201. The molecule has 2 aromatic rings. The van der Waals surface area contributed by atoms with Crippen LogP contribution in [0.15, 0.2) is 24.7 Å². The van der Waals surface area contributed by atoms with E-state index in [1.54, 1.807) is 10.9 Å². The molecule has 2 aromatic heterocycles. The second-order valence-electron chi connectivity index (χ2n) is 6.64. The summed E-state index contributed by atoms with van der Waals surface area (Å²) in [7, 11) is 0. The van der Waals surface area contributed by atoms with Crippen LogP contribution in [0.1, 0.15) is 49.2 Å². The van der Waals surface area contributed by atoms with Crippen LogP contribution in [-0.4, -0.2) is 50.3 Å². The highest BCUT2D eigenvalue weighted by Gasteiger charge is 2.26. The van der Waals surface area contributed by atoms with E-state index in [0.717, 1.165) is 43.0 Å². The minimum Gasteiger partial charge on any atom is -0.377 e. The Morgan fingerprint density at radius 1 is 1.35 bits per heavy atom. The number of aromatic nitrogens is 4. The zero-order valence-electron chi connectivity index (χ0n) is 15.6. The van der Waals surface area contributed by atoms with Gasteiger partial charge in [-0.05, 0) is 32.8 Å². The van der Waals surface area contributed by atoms with Crippen LogP contribution in [0.2, 0.25) is 0 Å². The van der Waals surface area contributed by atoms with Crippen LogP contribution in [0.3, 0.4) is 0 Å². The molecule has 3 heterocycles. The van der Waals surface area contributed by atoms with Gasteiger partial charge in [-0.25, -0.2) is 9.97 Å². The number of nitrogens with zero attached hydrogens (tertiary/aromatic N) is 5. The molecule has 0 aliphatic carbocycles. The average Bonchev–Trinajstić information content (AvgIpc) is 3.19. The van der Waals surface area contributed by atoms with Crippen molar-refractivity contribution < 1.29 is 9.53 Å². The van der Waals surface area contributed by atoms with E-state index in [4.69, 9.17) is 4.74 Å². The number of carbonyl (C=O) groups excluding carboxylic acids is 1. The Bertz CT molecular complexity index is 709. The van der Waals surface area contributed by atoms with Gasteiger partial charge in [-0.2, -0.15) is 5.10 Å². The lowest BCUT2D eigenvalue weighted by molar-refractivity contribution is -0.132. The van der Waals surface area contributed by atoms with Crippen LogP contribution in [-0.2, 0) is 22.7 Å². The molecule has 1 fully saturated rings. The molecule has 0 bridgehead atoms. The second-order valence-corrected chi connectivity index (χ2v) is 6.64. The van der Waals surface area contributed by atoms with Crippen molar-refractivity contribution in [3.8, 4) is 0 Å². The van der Waals surface area contributed by atoms with Crippen LogP contribution in [0.5, 0.6) is 0 Å². The normalized spacial score (nSPS) is 15.4. The standard InChI is InChI=1S/C19H27N5O2/c1-3-26-14-17-13-20-15(2)22-19(17)16-5-10-23(11-6-16)18(25)7-12-24-9-4-8-21-24/h4,8-9,13,16H,3,5-7,10-12,14H2,1-2H3. The number of likely N-dealkylation sites (tertiary alicyclic amines) is 1. The van der Waals surface area contributed by atoms with Gasteiger partial charge < -0.3 is 9.64 Å². The largest absolute Gasteiger partial charge is 0.377 e. The quantitative estimate of drug-likeness (QED) is 0.760. The molecule has 7 heteroatoms. The molecule has 0 aromatic carbocycles. The smallest absolute Gasteiger partial charge is 0.224 e. The first-order valence-corrected chi connectivity index (χ1v) is 9.32. The lowest BCUT2D eigenvalue weighted by atomic mass is 9.90. The second kappa shape index (κ2) is 8.89. The Morgan fingerprint density at radius 2 is 2.15 bits per heavy atom. The molecule has 140 valence electrons. The molecule has 0 N–H and O–H groups in total. The minimum absolute atomic E-state index is 0.201. The van der Waals surface area contributed by atoms with Crippen molar-refractivity contribution in [1.29, 1.82) is 0 Å². The molecule has 0 spiro atoms. The third-order valence-corrected chi connectivity index (χ3v) is 4.83. The monoisotopic (exact) mass is 357 g/mol. The van der Waals surface area contributed by atoms with Gasteiger partial charge in [-0.3, -0.25) is 9.48 Å². The van der Waals surface area contributed by atoms with Gasteiger partial charge in [0.2, 0.25) is 5.91 Å². The van der Waals surface area contributed by atoms with Gasteiger partial charge in [0.25, 0.3) is 0 Å². The SMILES string of the molecule is CCOCc1cnc(C)nc1C1CCN(C(=O)CCn2cccn2)CC1. The van der Waals surface area contributed by atoms with E-state index in [1.165, 1.54) is 0 Å². The number of hydrogen-bond donors (Lipinski definition) is 0. The average molecular weight is 357 g/mol. The summed E-state index contributed by atoms with van der Waals surface area (Å²) < 4.78 is 7.36. The maximum Gasteiger partial charge on any atom is 0.224 e. The zero-order chi connectivity index (χ0) is 18.4. The molecule has 1 aliphatic rings. The summed E-state index contributed by atoms with van der Waals surface area (Å²) in [5.41, 5.74) is 2.16. The fraction of sp³-hybridized carbons (Fsp3) is 0.579. The fourth-order valence-corrected chi connectivity index (χ4v) is 3.39. The van der Waals surface area contributed by atoms with Crippen molar-refractivity contribution in [3.63, 3.8) is 0 Å². The van der Waals surface area contributed by atoms with Crippen LogP contribution >= 0.6 is 0 Å². The summed E-state index contributed by atoms with van der Waals surface area (Å²) in [6, 6.07) is 1.87. The Kier molecular flexibility index (Phi) is 6.33. The first-order chi connectivity index (χ1) is 12.7. The van der Waals surface area contributed by atoms with E-state index >= 15 is 0 Å². The molecule has 1 amide bonds. The number of carbonyl (C=O) groups is 1. The molecule has 0 atom stereocenters. The molecule has 1 aliphatic heterocycles. The number of ether oxygens (including phenoxy) is 1. The van der Waals surface area contributed by atoms with E-state index in [0.29, 0.717) is 32.1 Å². The van der Waals surface area contributed by atoms with Crippen molar-refractivity contribution in [3.05, 3.63) is 41.7 Å². The van der Waals surface area contributed by atoms with Gasteiger partial charge in [0, 0.05) is 62.7 Å². The van der Waals surface area contributed by atoms with Crippen molar-refractivity contribution in [2.75, 3.05) is 19.7 Å². The van der Waals surface area contributed by atoms with Crippen molar-refractivity contribution in [2.24, 2.45) is 0 Å². The summed E-state index contributed by atoms with van der Waals surface area (Å²) in [4.78, 5) is 23.4. The van der Waals surface area contributed by atoms with Gasteiger partial charge in [-0.1, -0.05) is 0 Å². The molecule has 7 nitrogen and oxygen atoms in total. The van der Waals surface area contributed by atoms with Crippen LogP contribution < -0.4 is 0 Å². The first kappa shape index (κ1) is 18.5. The van der Waals surface area contributed by atoms with Gasteiger partial charge in [0.05, 0.1) is 12.3 Å². The lowest BCUT2D eigenvalue weighted by Gasteiger charge is -2.32. The molecule has 0 unspecified atom stereocenters. The highest BCUT2D eigenvalue weighted by molar-refractivity contribution is 5.76. The summed E-state index contributed by atoms with van der Waals surface area (Å²) >= 11 is 0. The topological polar surface area (TPSA) is 73.1 Å². The van der Waals surface area contributed by atoms with Crippen molar-refractivity contribution in [2.45, 2.75) is 52.2 Å². The Morgan fingerprint density at radius 3 is 2.85 bits per heavy atom. The molecule has 26 heavy (non-hydrogen) atoms. The maximum absolute atomic E-state index is 12.4. The fourth-order valence-electron chi connectivity index (χ4n) is 3.39. The summed E-state index contributed by atoms with van der Waals surface area (Å²) in [6.07, 6.45) is 7.87. The van der Waals surface area contributed by atoms with Crippen LogP contribution in [0, 0.1) is 6.92 Å². The highest BCUT2D eigenvalue weighted by Crippen LogP contribution is 2.29. The third kappa shape index (κ3) is 4.66. The number of amides is 1. The van der Waals surface area contributed by atoms with E-state index < -0.39 is 0 Å². The molecular formula is C19H27N5O2. The summed E-state index contributed by atoms with van der Waals surface area (Å²) in [5, 5.41) is 4.15. The molecule has 0 radical (unpaired) electrons. The lowest BCUT2D eigenvalue weighted by Crippen LogP contribution is -2.38. The van der Waals surface area contributed by atoms with Crippen molar-refractivity contribution >= 4 is 5.91 Å². The predicted octanol–water partition coefficient (Wildman–Crippen LogP) is 2.31. The Balaban J connectivity index is 1.56. The predicted molar refractivity (Wildman–Crippen MR) is 97.5 cm³/mol. The van der Waals surface area contributed by atoms with E-state index in [1.807, 2.05) is 37.2 Å². The highest BCUT2D eigenvalue weighted by atomic mass is 16.5. The van der Waals surface area contributed by atoms with Gasteiger partial charge in [0.1, 0.15) is 5.82 Å². The Hall–Kier alpha value is -2.28. The summed E-state index contributed by atoms with van der Waals surface area (Å²) in [6.45, 7) is 7.32. The maximum atomic E-state index is 12.4. The van der Waals surface area contributed by atoms with E-state index in [-0.39, 0.29) is 5.91 Å². The van der Waals surface area contributed by atoms with Gasteiger partial charge >= 0.3 is 0 Å². The van der Waals surface area contributed by atoms with Crippen LogP contribution in [0.4, 0.5) is 0 Å². The molecule has 1 saturated heterocycles. The molecule has 3 rings (SSSR count). The molecular weight excluding hydrogens is 330 g/mol. The number of piperidine rings is 1. The number of aryl methyl sites for hydroxylation is 2. The van der Waals surface area contributed by atoms with Gasteiger partial charge in [-0.15, -0.1) is 0 Å². The number of hydrogen-bond acceptors (Lipinski definition) is 5. The van der Waals surface area contributed by atoms with E-state index in [2.05, 4.69) is 15.1 Å². The molecule has 0 saturated carbocycles. The third-order valence-electron chi connectivity index (χ3n) is 4.83.